The molecular formula is C16H22O6. The minimum absolute atomic E-state index is 0.0418. The fourth-order valence-electron chi connectivity index (χ4n) is 2.54. The van der Waals surface area contributed by atoms with Gasteiger partial charge in [0.05, 0.1) is 6.61 Å². The summed E-state index contributed by atoms with van der Waals surface area (Å²) in [6.07, 6.45) is -3.89. The molecule has 5 atom stereocenters. The van der Waals surface area contributed by atoms with Crippen molar-refractivity contribution in [3.8, 4) is 5.75 Å². The molecule has 0 radical (unpaired) electrons. The van der Waals surface area contributed by atoms with Gasteiger partial charge in [0.1, 0.15) is 24.1 Å². The second-order valence-corrected chi connectivity index (χ2v) is 5.54. The molecule has 0 aliphatic carbocycles. The summed E-state index contributed by atoms with van der Waals surface area (Å²) < 4.78 is 11.1. The molecule has 0 aromatic heterocycles. The Morgan fingerprint density at radius 2 is 2.14 bits per heavy atom. The third kappa shape index (κ3) is 3.16. The second-order valence-electron chi connectivity index (χ2n) is 5.54. The summed E-state index contributed by atoms with van der Waals surface area (Å²) in [6.45, 7) is 4.93. The molecule has 1 aromatic carbocycles. The maximum Gasteiger partial charge on any atom is 0.232 e. The molecule has 0 bridgehead atoms. The van der Waals surface area contributed by atoms with Crippen LogP contribution in [0.5, 0.6) is 5.75 Å². The minimum Gasteiger partial charge on any atom is -0.462 e. The zero-order valence-corrected chi connectivity index (χ0v) is 12.4. The molecule has 1 heterocycles. The molecule has 0 unspecified atom stereocenters. The van der Waals surface area contributed by atoms with Crippen LogP contribution in [0.15, 0.2) is 36.9 Å². The minimum atomic E-state index is -1.86. The first-order valence-electron chi connectivity index (χ1n) is 7.11. The van der Waals surface area contributed by atoms with Gasteiger partial charge in [0.2, 0.25) is 6.29 Å². The van der Waals surface area contributed by atoms with Crippen LogP contribution in [0.1, 0.15) is 12.0 Å². The maximum absolute atomic E-state index is 10.7. The van der Waals surface area contributed by atoms with Crippen molar-refractivity contribution in [1.29, 1.82) is 0 Å². The van der Waals surface area contributed by atoms with Gasteiger partial charge in [-0.3, -0.25) is 0 Å². The van der Waals surface area contributed by atoms with Gasteiger partial charge in [-0.15, -0.1) is 6.58 Å². The summed E-state index contributed by atoms with van der Waals surface area (Å²) in [6, 6.07) is 7.12. The summed E-state index contributed by atoms with van der Waals surface area (Å²) in [5.74, 6) is 0.452. The van der Waals surface area contributed by atoms with E-state index < -0.39 is 36.8 Å². The van der Waals surface area contributed by atoms with Gasteiger partial charge in [0, 0.05) is 6.42 Å². The van der Waals surface area contributed by atoms with Crippen molar-refractivity contribution in [1.82, 2.24) is 0 Å². The third-order valence-electron chi connectivity index (χ3n) is 3.81. The smallest absolute Gasteiger partial charge is 0.232 e. The summed E-state index contributed by atoms with van der Waals surface area (Å²) in [5, 5.41) is 40.1. The Morgan fingerprint density at radius 1 is 1.41 bits per heavy atom. The first-order chi connectivity index (χ1) is 10.4. The zero-order valence-electron chi connectivity index (χ0n) is 12.4. The number of hydrogen-bond acceptors (Lipinski definition) is 6. The van der Waals surface area contributed by atoms with E-state index in [-0.39, 0.29) is 6.42 Å². The molecule has 2 rings (SSSR count). The molecule has 0 spiro atoms. The Kier molecular flexibility index (Phi) is 5.20. The number of aliphatic hydroxyl groups is 4. The normalized spacial score (nSPS) is 35.1. The predicted octanol–water partition coefficient (Wildman–Crippen LogP) is 0.120. The van der Waals surface area contributed by atoms with Crippen LogP contribution in [0.25, 0.3) is 0 Å². The monoisotopic (exact) mass is 310 g/mol. The Balaban J connectivity index is 2.29. The Bertz CT molecular complexity index is 519. The molecule has 0 amide bonds. The molecule has 122 valence electrons. The van der Waals surface area contributed by atoms with Gasteiger partial charge in [-0.2, -0.15) is 0 Å². The SMILES string of the molecule is C=CC[C@]1(O)[C@@H](Oc2cccc(C)c2)O[C@H](CO)[C@@H](O)[C@@H]1O. The molecule has 0 saturated carbocycles. The number of hydrogen-bond donors (Lipinski definition) is 4. The average Bonchev–Trinajstić information content (AvgIpc) is 2.49. The average molecular weight is 310 g/mol. The maximum atomic E-state index is 10.7. The Labute approximate surface area is 129 Å². The van der Waals surface area contributed by atoms with E-state index >= 15 is 0 Å². The Morgan fingerprint density at radius 3 is 2.73 bits per heavy atom. The van der Waals surface area contributed by atoms with E-state index in [9.17, 15) is 20.4 Å². The summed E-state index contributed by atoms with van der Waals surface area (Å²) in [4.78, 5) is 0. The molecule has 1 aliphatic rings. The van der Waals surface area contributed by atoms with E-state index in [1.807, 2.05) is 13.0 Å². The van der Waals surface area contributed by atoms with Gasteiger partial charge in [-0.1, -0.05) is 18.2 Å². The van der Waals surface area contributed by atoms with Crippen LogP contribution >= 0.6 is 0 Å². The quantitative estimate of drug-likeness (QED) is 0.577. The second kappa shape index (κ2) is 6.76. The summed E-state index contributed by atoms with van der Waals surface area (Å²) in [7, 11) is 0. The first kappa shape index (κ1) is 16.9. The number of aryl methyl sites for hydroxylation is 1. The van der Waals surface area contributed by atoms with Crippen LogP contribution in [0.3, 0.4) is 0 Å². The van der Waals surface area contributed by atoms with Crippen LogP contribution in [-0.4, -0.2) is 57.2 Å². The third-order valence-corrected chi connectivity index (χ3v) is 3.81. The molecule has 6 heteroatoms. The zero-order chi connectivity index (χ0) is 16.3. The van der Waals surface area contributed by atoms with Crippen LogP contribution in [0, 0.1) is 6.92 Å². The van der Waals surface area contributed by atoms with Crippen LogP contribution < -0.4 is 4.74 Å². The van der Waals surface area contributed by atoms with Crippen molar-refractivity contribution in [2.24, 2.45) is 0 Å². The lowest BCUT2D eigenvalue weighted by Gasteiger charge is -2.47. The van der Waals surface area contributed by atoms with Gasteiger partial charge in [-0.25, -0.2) is 0 Å². The topological polar surface area (TPSA) is 99.4 Å². The fourth-order valence-corrected chi connectivity index (χ4v) is 2.54. The van der Waals surface area contributed by atoms with Crippen LogP contribution in [0.2, 0.25) is 0 Å². The summed E-state index contributed by atoms with van der Waals surface area (Å²) in [5.41, 5.74) is -0.906. The van der Waals surface area contributed by atoms with Crippen molar-refractivity contribution in [3.63, 3.8) is 0 Å². The van der Waals surface area contributed by atoms with Crippen molar-refractivity contribution in [2.45, 2.75) is 43.5 Å². The van der Waals surface area contributed by atoms with Crippen molar-refractivity contribution in [3.05, 3.63) is 42.5 Å². The van der Waals surface area contributed by atoms with Crippen molar-refractivity contribution >= 4 is 0 Å². The van der Waals surface area contributed by atoms with E-state index in [4.69, 9.17) is 9.47 Å². The van der Waals surface area contributed by atoms with Crippen LogP contribution in [0.4, 0.5) is 0 Å². The number of rotatable bonds is 5. The molecular weight excluding hydrogens is 288 g/mol. The van der Waals surface area contributed by atoms with Crippen molar-refractivity contribution in [2.75, 3.05) is 6.61 Å². The fraction of sp³-hybridized carbons (Fsp3) is 0.500. The van der Waals surface area contributed by atoms with Gasteiger partial charge >= 0.3 is 0 Å². The number of aliphatic hydroxyl groups excluding tert-OH is 3. The molecule has 1 fully saturated rings. The number of benzene rings is 1. The van der Waals surface area contributed by atoms with E-state index in [2.05, 4.69) is 6.58 Å². The van der Waals surface area contributed by atoms with Gasteiger partial charge in [0.15, 0.2) is 5.60 Å². The highest BCUT2D eigenvalue weighted by molar-refractivity contribution is 5.28. The van der Waals surface area contributed by atoms with Crippen molar-refractivity contribution < 1.29 is 29.9 Å². The molecule has 22 heavy (non-hydrogen) atoms. The largest absolute Gasteiger partial charge is 0.462 e. The van der Waals surface area contributed by atoms with E-state index in [1.54, 1.807) is 18.2 Å². The predicted molar refractivity (Wildman–Crippen MR) is 79.3 cm³/mol. The lowest BCUT2D eigenvalue weighted by Crippen LogP contribution is -2.67. The number of ether oxygens (including phenoxy) is 2. The Hall–Kier alpha value is -1.44. The lowest BCUT2D eigenvalue weighted by atomic mass is 9.84. The van der Waals surface area contributed by atoms with Gasteiger partial charge < -0.3 is 29.9 Å². The molecule has 1 saturated heterocycles. The first-order valence-corrected chi connectivity index (χ1v) is 7.11. The van der Waals surface area contributed by atoms with Gasteiger partial charge in [0.25, 0.3) is 0 Å². The van der Waals surface area contributed by atoms with Gasteiger partial charge in [-0.05, 0) is 24.6 Å². The van der Waals surface area contributed by atoms with E-state index in [0.717, 1.165) is 5.56 Å². The highest BCUT2D eigenvalue weighted by Crippen LogP contribution is 2.34. The van der Waals surface area contributed by atoms with E-state index in [0.29, 0.717) is 5.75 Å². The van der Waals surface area contributed by atoms with Crippen LogP contribution in [-0.2, 0) is 4.74 Å². The molecule has 1 aromatic rings. The lowest BCUT2D eigenvalue weighted by molar-refractivity contribution is -0.319. The van der Waals surface area contributed by atoms with E-state index in [1.165, 1.54) is 6.08 Å². The highest BCUT2D eigenvalue weighted by Gasteiger charge is 2.55. The molecule has 6 nitrogen and oxygen atoms in total. The summed E-state index contributed by atoms with van der Waals surface area (Å²) >= 11 is 0. The highest BCUT2D eigenvalue weighted by atomic mass is 16.7. The molecule has 4 N–H and O–H groups in total. The molecule has 1 aliphatic heterocycles. The standard InChI is InChI=1S/C16H22O6/c1-3-7-16(20)14(19)13(18)12(9-17)22-15(16)21-11-6-4-5-10(2)8-11/h3-6,8,12-15,17-20H,1,7,9H2,2H3/t12-,13-,14+,15+,16-/m1/s1.